The third-order valence-corrected chi connectivity index (χ3v) is 5.59. The molecule has 1 aliphatic carbocycles. The Kier molecular flexibility index (Phi) is 6.53. The minimum absolute atomic E-state index is 0.0879. The van der Waals surface area contributed by atoms with E-state index in [1.807, 2.05) is 0 Å². The number of carbonyl (C=O) groups is 1. The summed E-state index contributed by atoms with van der Waals surface area (Å²) in [5.41, 5.74) is 0. The number of nitrogens with zero attached hydrogens (tertiary/aromatic N) is 1. The van der Waals surface area contributed by atoms with E-state index in [-0.39, 0.29) is 6.04 Å². The standard InChI is InChI=1S/C18H34N2O/c1-4-7-12-16-18(21)20(13-14(5-2)6-3)17(19-16)15-10-8-9-11-15/h14-17,19H,4-13H2,1-3H3. The zero-order chi connectivity index (χ0) is 15.2. The number of amides is 1. The maximum Gasteiger partial charge on any atom is 0.241 e. The van der Waals surface area contributed by atoms with Gasteiger partial charge in [0.15, 0.2) is 0 Å². The molecule has 3 nitrogen and oxygen atoms in total. The fourth-order valence-corrected chi connectivity index (χ4v) is 4.01. The van der Waals surface area contributed by atoms with Crippen LogP contribution in [0.1, 0.15) is 78.6 Å². The van der Waals surface area contributed by atoms with E-state index in [1.165, 1.54) is 44.9 Å². The predicted octanol–water partition coefficient (Wildman–Crippen LogP) is 3.93. The lowest BCUT2D eigenvalue weighted by molar-refractivity contribution is -0.131. The van der Waals surface area contributed by atoms with Crippen LogP contribution in [0.25, 0.3) is 0 Å². The van der Waals surface area contributed by atoms with Crippen molar-refractivity contribution in [1.82, 2.24) is 10.2 Å². The van der Waals surface area contributed by atoms with Gasteiger partial charge < -0.3 is 4.90 Å². The molecule has 21 heavy (non-hydrogen) atoms. The van der Waals surface area contributed by atoms with Crippen molar-refractivity contribution in [3.8, 4) is 0 Å². The highest BCUT2D eigenvalue weighted by Gasteiger charge is 2.42. The smallest absolute Gasteiger partial charge is 0.241 e. The highest BCUT2D eigenvalue weighted by Crippen LogP contribution is 2.33. The quantitative estimate of drug-likeness (QED) is 0.735. The zero-order valence-electron chi connectivity index (χ0n) is 14.2. The third-order valence-electron chi connectivity index (χ3n) is 5.59. The van der Waals surface area contributed by atoms with Crippen molar-refractivity contribution in [2.75, 3.05) is 6.54 Å². The van der Waals surface area contributed by atoms with Crippen molar-refractivity contribution in [3.63, 3.8) is 0 Å². The van der Waals surface area contributed by atoms with Crippen molar-refractivity contribution in [2.45, 2.75) is 90.8 Å². The first-order valence-electron chi connectivity index (χ1n) is 9.27. The molecule has 0 aromatic carbocycles. The topological polar surface area (TPSA) is 32.3 Å². The molecule has 0 radical (unpaired) electrons. The predicted molar refractivity (Wildman–Crippen MR) is 88.0 cm³/mol. The highest BCUT2D eigenvalue weighted by molar-refractivity contribution is 5.84. The van der Waals surface area contributed by atoms with E-state index in [0.717, 1.165) is 19.4 Å². The molecule has 1 saturated heterocycles. The van der Waals surface area contributed by atoms with Gasteiger partial charge in [-0.1, -0.05) is 59.3 Å². The molecule has 1 saturated carbocycles. The van der Waals surface area contributed by atoms with Crippen LogP contribution < -0.4 is 5.32 Å². The van der Waals surface area contributed by atoms with Crippen LogP contribution in [0.3, 0.4) is 0 Å². The molecule has 2 atom stereocenters. The van der Waals surface area contributed by atoms with Gasteiger partial charge in [0.05, 0.1) is 12.2 Å². The Hall–Kier alpha value is -0.570. The maximum atomic E-state index is 12.8. The summed E-state index contributed by atoms with van der Waals surface area (Å²) in [6.45, 7) is 7.67. The fraction of sp³-hybridized carbons (Fsp3) is 0.944. The van der Waals surface area contributed by atoms with E-state index in [9.17, 15) is 4.79 Å². The molecule has 3 heteroatoms. The second-order valence-corrected chi connectivity index (χ2v) is 7.02. The number of nitrogens with one attached hydrogen (secondary N) is 1. The van der Waals surface area contributed by atoms with Gasteiger partial charge in [-0.3, -0.25) is 10.1 Å². The molecule has 0 aromatic heterocycles. The molecule has 2 unspecified atom stereocenters. The lowest BCUT2D eigenvalue weighted by Crippen LogP contribution is -2.44. The minimum atomic E-state index is 0.0879. The molecule has 1 amide bonds. The van der Waals surface area contributed by atoms with Crippen molar-refractivity contribution < 1.29 is 4.79 Å². The average Bonchev–Trinajstić information content (AvgIpc) is 3.12. The van der Waals surface area contributed by atoms with Crippen LogP contribution >= 0.6 is 0 Å². The molecule has 2 aliphatic rings. The van der Waals surface area contributed by atoms with E-state index >= 15 is 0 Å². The monoisotopic (exact) mass is 294 g/mol. The molecule has 1 aliphatic heterocycles. The van der Waals surface area contributed by atoms with Crippen LogP contribution in [-0.2, 0) is 4.79 Å². The van der Waals surface area contributed by atoms with Gasteiger partial charge >= 0.3 is 0 Å². The Bertz CT molecular complexity index is 321. The first-order valence-corrected chi connectivity index (χ1v) is 9.27. The minimum Gasteiger partial charge on any atom is -0.325 e. The molecular formula is C18H34N2O. The molecule has 1 N–H and O–H groups in total. The SMILES string of the molecule is CCCCC1NC(C2CCCC2)N(CC(CC)CC)C1=O. The summed E-state index contributed by atoms with van der Waals surface area (Å²) >= 11 is 0. The third kappa shape index (κ3) is 4.00. The van der Waals surface area contributed by atoms with Gasteiger partial charge in [0.2, 0.25) is 5.91 Å². The van der Waals surface area contributed by atoms with Crippen molar-refractivity contribution in [1.29, 1.82) is 0 Å². The number of hydrogen-bond donors (Lipinski definition) is 1. The summed E-state index contributed by atoms with van der Waals surface area (Å²) in [7, 11) is 0. The Morgan fingerprint density at radius 2 is 1.86 bits per heavy atom. The van der Waals surface area contributed by atoms with Gasteiger partial charge in [-0.15, -0.1) is 0 Å². The molecule has 0 bridgehead atoms. The van der Waals surface area contributed by atoms with E-state index in [4.69, 9.17) is 0 Å². The Balaban J connectivity index is 2.05. The molecule has 1 heterocycles. The van der Waals surface area contributed by atoms with Gasteiger partial charge in [0.25, 0.3) is 0 Å². The average molecular weight is 294 g/mol. The van der Waals surface area contributed by atoms with Crippen LogP contribution in [0.5, 0.6) is 0 Å². The summed E-state index contributed by atoms with van der Waals surface area (Å²) in [5, 5.41) is 3.70. The molecule has 2 fully saturated rings. The molecule has 122 valence electrons. The molecule has 2 rings (SSSR count). The first kappa shape index (κ1) is 16.8. The van der Waals surface area contributed by atoms with Gasteiger partial charge in [-0.25, -0.2) is 0 Å². The first-order chi connectivity index (χ1) is 10.2. The number of carbonyl (C=O) groups excluding carboxylic acids is 1. The number of unbranched alkanes of at least 4 members (excludes halogenated alkanes) is 1. The van der Waals surface area contributed by atoms with Gasteiger partial charge in [-0.2, -0.15) is 0 Å². The second-order valence-electron chi connectivity index (χ2n) is 7.02. The highest BCUT2D eigenvalue weighted by atomic mass is 16.2. The summed E-state index contributed by atoms with van der Waals surface area (Å²) in [6, 6.07) is 0.0879. The lowest BCUT2D eigenvalue weighted by atomic mass is 10.00. The van der Waals surface area contributed by atoms with Crippen molar-refractivity contribution >= 4 is 5.91 Å². The zero-order valence-corrected chi connectivity index (χ0v) is 14.2. The van der Waals surface area contributed by atoms with Crippen LogP contribution in [0.4, 0.5) is 0 Å². The van der Waals surface area contributed by atoms with E-state index in [0.29, 0.717) is 23.9 Å². The van der Waals surface area contributed by atoms with E-state index in [2.05, 4.69) is 31.0 Å². The fourth-order valence-electron chi connectivity index (χ4n) is 4.01. The largest absolute Gasteiger partial charge is 0.325 e. The Labute approximate surface area is 130 Å². The lowest BCUT2D eigenvalue weighted by Gasteiger charge is -2.31. The van der Waals surface area contributed by atoms with Gasteiger partial charge in [0, 0.05) is 6.54 Å². The molecular weight excluding hydrogens is 260 g/mol. The van der Waals surface area contributed by atoms with E-state index < -0.39 is 0 Å². The summed E-state index contributed by atoms with van der Waals surface area (Å²) in [5.74, 6) is 1.73. The van der Waals surface area contributed by atoms with Crippen LogP contribution in [-0.4, -0.2) is 29.6 Å². The number of rotatable bonds is 8. The van der Waals surface area contributed by atoms with Gasteiger partial charge in [-0.05, 0) is 31.1 Å². The van der Waals surface area contributed by atoms with Crippen molar-refractivity contribution in [3.05, 3.63) is 0 Å². The van der Waals surface area contributed by atoms with Crippen LogP contribution in [0.15, 0.2) is 0 Å². The van der Waals surface area contributed by atoms with Crippen LogP contribution in [0.2, 0.25) is 0 Å². The number of hydrogen-bond acceptors (Lipinski definition) is 2. The molecule has 0 spiro atoms. The van der Waals surface area contributed by atoms with Crippen LogP contribution in [0, 0.1) is 11.8 Å². The summed E-state index contributed by atoms with van der Waals surface area (Å²) in [6.07, 6.45) is 11.3. The van der Waals surface area contributed by atoms with E-state index in [1.54, 1.807) is 0 Å². The van der Waals surface area contributed by atoms with Crippen molar-refractivity contribution in [2.24, 2.45) is 11.8 Å². The summed E-state index contributed by atoms with van der Waals surface area (Å²) in [4.78, 5) is 15.0. The Morgan fingerprint density at radius 1 is 1.19 bits per heavy atom. The normalized spacial score (nSPS) is 27.2. The molecule has 0 aromatic rings. The Morgan fingerprint density at radius 3 is 2.43 bits per heavy atom. The van der Waals surface area contributed by atoms with Gasteiger partial charge in [0.1, 0.15) is 0 Å². The second kappa shape index (κ2) is 8.17. The summed E-state index contributed by atoms with van der Waals surface area (Å²) < 4.78 is 0. The maximum absolute atomic E-state index is 12.8.